The summed E-state index contributed by atoms with van der Waals surface area (Å²) >= 11 is 0. The summed E-state index contributed by atoms with van der Waals surface area (Å²) in [5.41, 5.74) is 13.4. The van der Waals surface area contributed by atoms with Gasteiger partial charge in [-0.2, -0.15) is 0 Å². The van der Waals surface area contributed by atoms with Crippen LogP contribution in [-0.4, -0.2) is 11.1 Å². The lowest BCUT2D eigenvalue weighted by Crippen LogP contribution is -2.20. The highest BCUT2D eigenvalue weighted by Gasteiger charge is 2.46. The molecule has 0 spiro atoms. The first-order valence-electron chi connectivity index (χ1n) is 6.77. The zero-order valence-electron chi connectivity index (χ0n) is 11.8. The summed E-state index contributed by atoms with van der Waals surface area (Å²) in [7, 11) is 2.18. The largest absolute Gasteiger partial charge is 0.347 e. The van der Waals surface area contributed by atoms with E-state index in [1.54, 1.807) is 0 Å². The third-order valence-electron chi connectivity index (χ3n) is 4.81. The molecular weight excluding hydrogens is 220 g/mol. The van der Waals surface area contributed by atoms with Crippen LogP contribution in [0, 0.1) is 20.8 Å². The van der Waals surface area contributed by atoms with Gasteiger partial charge in [-0.15, -0.1) is 0 Å². The number of rotatable bonds is 2. The monoisotopic (exact) mass is 242 g/mol. The topological polar surface area (TPSA) is 30.9 Å². The first-order valence-corrected chi connectivity index (χ1v) is 6.77. The van der Waals surface area contributed by atoms with Crippen LogP contribution in [0.2, 0.25) is 0 Å². The predicted molar refractivity (Wildman–Crippen MR) is 77.1 cm³/mol. The Morgan fingerprint density at radius 3 is 2.33 bits per heavy atom. The fourth-order valence-electron chi connectivity index (χ4n) is 3.42. The van der Waals surface area contributed by atoms with E-state index in [0.29, 0.717) is 0 Å². The van der Waals surface area contributed by atoms with Crippen LogP contribution < -0.4 is 5.73 Å². The number of hydrogen-bond acceptors (Lipinski definition) is 1. The van der Waals surface area contributed by atoms with E-state index in [-0.39, 0.29) is 5.41 Å². The van der Waals surface area contributed by atoms with Crippen molar-refractivity contribution in [2.75, 3.05) is 6.54 Å². The fourth-order valence-corrected chi connectivity index (χ4v) is 3.42. The quantitative estimate of drug-likeness (QED) is 0.862. The number of fused-ring (bicyclic) bond motifs is 1. The molecule has 2 N–H and O–H groups in total. The van der Waals surface area contributed by atoms with E-state index in [4.69, 9.17) is 5.73 Å². The van der Waals surface area contributed by atoms with Crippen molar-refractivity contribution in [1.82, 2.24) is 4.57 Å². The molecule has 18 heavy (non-hydrogen) atoms. The van der Waals surface area contributed by atoms with Crippen LogP contribution in [0.25, 0.3) is 10.9 Å². The van der Waals surface area contributed by atoms with E-state index in [9.17, 15) is 0 Å². The molecule has 2 nitrogen and oxygen atoms in total. The molecule has 0 aliphatic heterocycles. The van der Waals surface area contributed by atoms with Crippen molar-refractivity contribution >= 4 is 10.9 Å². The number of aryl methyl sites for hydroxylation is 3. The molecule has 2 heteroatoms. The Kier molecular flexibility index (Phi) is 2.36. The summed E-state index contributed by atoms with van der Waals surface area (Å²) in [6.07, 6.45) is 2.49. The maximum absolute atomic E-state index is 6.05. The van der Waals surface area contributed by atoms with Crippen LogP contribution in [0.5, 0.6) is 0 Å². The average Bonchev–Trinajstić information content (AvgIpc) is 3.09. The molecule has 1 heterocycles. The van der Waals surface area contributed by atoms with Gasteiger partial charge in [0.1, 0.15) is 0 Å². The first-order chi connectivity index (χ1) is 8.52. The molecule has 96 valence electrons. The van der Waals surface area contributed by atoms with Crippen molar-refractivity contribution in [3.63, 3.8) is 0 Å². The number of benzene rings is 1. The van der Waals surface area contributed by atoms with Crippen molar-refractivity contribution in [2.24, 2.45) is 12.8 Å². The SMILES string of the molecule is Cc1ccc(C)c2c1c(C1(CN)CC1)c(C)n2C. The van der Waals surface area contributed by atoms with Gasteiger partial charge in [-0.1, -0.05) is 12.1 Å². The van der Waals surface area contributed by atoms with Crippen LogP contribution in [0.4, 0.5) is 0 Å². The summed E-state index contributed by atoms with van der Waals surface area (Å²) in [4.78, 5) is 0. The van der Waals surface area contributed by atoms with Gasteiger partial charge in [0.25, 0.3) is 0 Å². The van der Waals surface area contributed by atoms with Crippen LogP contribution in [0.3, 0.4) is 0 Å². The molecule has 1 aromatic carbocycles. The van der Waals surface area contributed by atoms with Gasteiger partial charge in [0.2, 0.25) is 0 Å². The Hall–Kier alpha value is -1.28. The number of nitrogens with zero attached hydrogens (tertiary/aromatic N) is 1. The minimum atomic E-state index is 0.266. The Morgan fingerprint density at radius 1 is 1.17 bits per heavy atom. The second kappa shape index (κ2) is 3.61. The Morgan fingerprint density at radius 2 is 1.78 bits per heavy atom. The molecule has 0 saturated heterocycles. The molecule has 0 amide bonds. The molecule has 0 bridgehead atoms. The van der Waals surface area contributed by atoms with Crippen molar-refractivity contribution in [2.45, 2.75) is 39.0 Å². The zero-order chi connectivity index (χ0) is 13.1. The smallest absolute Gasteiger partial charge is 0.0515 e. The van der Waals surface area contributed by atoms with Crippen LogP contribution in [0.1, 0.15) is 35.2 Å². The third-order valence-corrected chi connectivity index (χ3v) is 4.81. The second-order valence-electron chi connectivity index (χ2n) is 5.93. The number of aromatic nitrogens is 1. The summed E-state index contributed by atoms with van der Waals surface area (Å²) in [5, 5.41) is 1.46. The summed E-state index contributed by atoms with van der Waals surface area (Å²) in [6.45, 7) is 7.44. The van der Waals surface area contributed by atoms with Crippen molar-refractivity contribution in [1.29, 1.82) is 0 Å². The highest BCUT2D eigenvalue weighted by molar-refractivity contribution is 5.92. The third kappa shape index (κ3) is 1.33. The maximum atomic E-state index is 6.05. The van der Waals surface area contributed by atoms with Gasteiger partial charge in [0, 0.05) is 30.1 Å². The number of hydrogen-bond donors (Lipinski definition) is 1. The van der Waals surface area contributed by atoms with Gasteiger partial charge in [0.15, 0.2) is 0 Å². The van der Waals surface area contributed by atoms with Crippen LogP contribution in [0.15, 0.2) is 12.1 Å². The van der Waals surface area contributed by atoms with E-state index in [0.717, 1.165) is 6.54 Å². The molecular formula is C16H22N2. The van der Waals surface area contributed by atoms with Gasteiger partial charge in [-0.05, 0) is 50.3 Å². The molecule has 1 saturated carbocycles. The Balaban J connectivity index is 2.45. The van der Waals surface area contributed by atoms with Crippen molar-refractivity contribution in [3.05, 3.63) is 34.5 Å². The minimum Gasteiger partial charge on any atom is -0.347 e. The Bertz CT molecular complexity index is 630. The molecule has 1 aliphatic carbocycles. The van der Waals surface area contributed by atoms with E-state index in [1.165, 1.54) is 46.1 Å². The van der Waals surface area contributed by atoms with E-state index < -0.39 is 0 Å². The minimum absolute atomic E-state index is 0.266. The highest BCUT2D eigenvalue weighted by atomic mass is 15.0. The standard InChI is InChI=1S/C16H22N2/c1-10-5-6-11(2)15-13(10)14(12(3)18(15)4)16(9-17)7-8-16/h5-6H,7-9,17H2,1-4H3. The normalized spacial score (nSPS) is 17.4. The number of nitrogens with two attached hydrogens (primary N) is 1. The molecule has 2 aromatic rings. The summed E-state index contributed by atoms with van der Waals surface area (Å²) < 4.78 is 2.35. The van der Waals surface area contributed by atoms with E-state index in [1.807, 2.05) is 0 Å². The van der Waals surface area contributed by atoms with E-state index in [2.05, 4.69) is 44.5 Å². The molecule has 0 radical (unpaired) electrons. The molecule has 0 unspecified atom stereocenters. The Labute approximate surface area is 109 Å². The van der Waals surface area contributed by atoms with Gasteiger partial charge < -0.3 is 10.3 Å². The highest BCUT2D eigenvalue weighted by Crippen LogP contribution is 2.52. The lowest BCUT2D eigenvalue weighted by Gasteiger charge is -2.14. The lowest BCUT2D eigenvalue weighted by molar-refractivity contribution is 0.697. The molecule has 1 aromatic heterocycles. The van der Waals surface area contributed by atoms with Crippen LogP contribution >= 0.6 is 0 Å². The van der Waals surface area contributed by atoms with Gasteiger partial charge in [-0.3, -0.25) is 0 Å². The molecule has 1 fully saturated rings. The first kappa shape index (κ1) is 11.8. The predicted octanol–water partition coefficient (Wildman–Crippen LogP) is 3.09. The lowest BCUT2D eigenvalue weighted by atomic mass is 9.91. The van der Waals surface area contributed by atoms with E-state index >= 15 is 0 Å². The zero-order valence-corrected chi connectivity index (χ0v) is 11.8. The average molecular weight is 242 g/mol. The maximum Gasteiger partial charge on any atom is 0.0515 e. The van der Waals surface area contributed by atoms with Gasteiger partial charge in [0.05, 0.1) is 5.52 Å². The van der Waals surface area contributed by atoms with Crippen LogP contribution in [-0.2, 0) is 12.5 Å². The summed E-state index contributed by atoms with van der Waals surface area (Å²) in [6, 6.07) is 4.47. The second-order valence-corrected chi connectivity index (χ2v) is 5.93. The molecule has 3 rings (SSSR count). The fraction of sp³-hybridized carbons (Fsp3) is 0.500. The van der Waals surface area contributed by atoms with Crippen molar-refractivity contribution < 1.29 is 0 Å². The molecule has 0 atom stereocenters. The van der Waals surface area contributed by atoms with Gasteiger partial charge in [-0.25, -0.2) is 0 Å². The van der Waals surface area contributed by atoms with Crippen molar-refractivity contribution in [3.8, 4) is 0 Å². The van der Waals surface area contributed by atoms with Gasteiger partial charge >= 0.3 is 0 Å². The summed E-state index contributed by atoms with van der Waals surface area (Å²) in [5.74, 6) is 0. The molecule has 1 aliphatic rings.